The third-order valence-electron chi connectivity index (χ3n) is 3.78. The van der Waals surface area contributed by atoms with Gasteiger partial charge in [-0.3, -0.25) is 19.3 Å². The number of hydrogen-bond donors (Lipinski definition) is 1. The monoisotopic (exact) mass is 436 g/mol. The lowest BCUT2D eigenvalue weighted by Gasteiger charge is -2.13. The summed E-state index contributed by atoms with van der Waals surface area (Å²) < 4.78 is 5.18. The Bertz CT molecular complexity index is 994. The Morgan fingerprint density at radius 2 is 1.89 bits per heavy atom. The average molecular weight is 437 g/mol. The van der Waals surface area contributed by atoms with Gasteiger partial charge >= 0.3 is 0 Å². The van der Waals surface area contributed by atoms with E-state index >= 15 is 0 Å². The van der Waals surface area contributed by atoms with Gasteiger partial charge in [-0.2, -0.15) is 0 Å². The molecule has 1 aliphatic heterocycles. The molecule has 9 heteroatoms. The highest BCUT2D eigenvalue weighted by Crippen LogP contribution is 2.35. The van der Waals surface area contributed by atoms with Gasteiger partial charge in [0.25, 0.3) is 17.1 Å². The van der Waals surface area contributed by atoms with Crippen LogP contribution in [-0.2, 0) is 16.1 Å². The predicted octanol–water partition coefficient (Wildman–Crippen LogP) is 4.09. The van der Waals surface area contributed by atoms with Gasteiger partial charge in [0, 0.05) is 5.02 Å². The van der Waals surface area contributed by atoms with E-state index in [0.717, 1.165) is 16.7 Å². The molecule has 0 radical (unpaired) electrons. The van der Waals surface area contributed by atoms with E-state index in [9.17, 15) is 14.4 Å². The molecule has 2 aromatic rings. The number of amides is 3. The molecule has 144 valence electrons. The number of nitrogens with two attached hydrogens (primary N) is 1. The fourth-order valence-electron chi connectivity index (χ4n) is 2.46. The van der Waals surface area contributed by atoms with E-state index in [1.165, 1.54) is 0 Å². The summed E-state index contributed by atoms with van der Waals surface area (Å²) in [5.41, 5.74) is 6.33. The topological polar surface area (TPSA) is 89.7 Å². The molecule has 0 unspecified atom stereocenters. The molecule has 0 atom stereocenters. The maximum Gasteiger partial charge on any atom is 0.293 e. The maximum absolute atomic E-state index is 12.6. The molecule has 0 spiro atoms. The summed E-state index contributed by atoms with van der Waals surface area (Å²) in [5.74, 6) is -0.725. The fraction of sp³-hybridized carbons (Fsp3) is 0.105. The molecule has 1 fully saturated rings. The number of hydrogen-bond acceptors (Lipinski definition) is 5. The lowest BCUT2D eigenvalue weighted by Crippen LogP contribution is -2.27. The Balaban J connectivity index is 1.77. The fourth-order valence-corrected chi connectivity index (χ4v) is 3.73. The number of rotatable bonds is 6. The zero-order valence-corrected chi connectivity index (χ0v) is 16.7. The lowest BCUT2D eigenvalue weighted by atomic mass is 10.2. The van der Waals surface area contributed by atoms with Crippen LogP contribution in [-0.4, -0.2) is 28.6 Å². The molecule has 1 heterocycles. The summed E-state index contributed by atoms with van der Waals surface area (Å²) in [6.07, 6.45) is 1.57. The molecule has 1 saturated heterocycles. The van der Waals surface area contributed by atoms with Crippen LogP contribution in [0.3, 0.4) is 0 Å². The molecule has 28 heavy (non-hydrogen) atoms. The highest BCUT2D eigenvalue weighted by atomic mass is 35.5. The summed E-state index contributed by atoms with van der Waals surface area (Å²) in [5, 5.41) is 0.373. The maximum atomic E-state index is 12.6. The summed E-state index contributed by atoms with van der Waals surface area (Å²) >= 11 is 13.1. The molecular formula is C19H14Cl2N2O4S. The van der Waals surface area contributed by atoms with Gasteiger partial charge in [0.2, 0.25) is 0 Å². The first-order chi connectivity index (χ1) is 13.3. The normalized spacial score (nSPS) is 15.4. The van der Waals surface area contributed by atoms with Crippen molar-refractivity contribution >= 4 is 58.1 Å². The minimum absolute atomic E-state index is 0.0995. The number of primary amides is 1. The lowest BCUT2D eigenvalue weighted by molar-refractivity contribution is -0.123. The van der Waals surface area contributed by atoms with E-state index in [1.54, 1.807) is 48.5 Å². The van der Waals surface area contributed by atoms with Crippen LogP contribution in [0.2, 0.25) is 10.0 Å². The van der Waals surface area contributed by atoms with Crippen LogP contribution in [0.15, 0.2) is 47.4 Å². The van der Waals surface area contributed by atoms with E-state index in [1.807, 2.05) is 0 Å². The third kappa shape index (κ3) is 4.67. The van der Waals surface area contributed by atoms with E-state index in [2.05, 4.69) is 0 Å². The summed E-state index contributed by atoms with van der Waals surface area (Å²) in [6, 6.07) is 11.8. The first kappa shape index (κ1) is 20.3. The largest absolute Gasteiger partial charge is 0.482 e. The summed E-state index contributed by atoms with van der Waals surface area (Å²) in [7, 11) is 0. The molecule has 1 aliphatic rings. The number of nitrogens with zero attached hydrogens (tertiary/aromatic N) is 1. The molecule has 0 saturated carbocycles. The molecule has 2 aromatic carbocycles. The standard InChI is InChI=1S/C19H14Cl2N2O4S/c20-13-4-2-1-3-12(13)9-23-18(25)16(28-19(23)26)8-11-5-6-15(14(21)7-11)27-10-17(22)24/h1-8H,9-10H2,(H2,22,24). The van der Waals surface area contributed by atoms with Crippen molar-refractivity contribution in [1.82, 2.24) is 4.90 Å². The highest BCUT2D eigenvalue weighted by Gasteiger charge is 2.35. The van der Waals surface area contributed by atoms with Gasteiger partial charge in [0.15, 0.2) is 6.61 Å². The zero-order valence-electron chi connectivity index (χ0n) is 14.4. The minimum Gasteiger partial charge on any atom is -0.482 e. The smallest absolute Gasteiger partial charge is 0.293 e. The number of thioether (sulfide) groups is 1. The molecule has 2 N–H and O–H groups in total. The number of imide groups is 1. The highest BCUT2D eigenvalue weighted by molar-refractivity contribution is 8.18. The van der Waals surface area contributed by atoms with Gasteiger partial charge in [-0.15, -0.1) is 0 Å². The molecule has 6 nitrogen and oxygen atoms in total. The summed E-state index contributed by atoms with van der Waals surface area (Å²) in [6.45, 7) is -0.192. The van der Waals surface area contributed by atoms with E-state index < -0.39 is 11.8 Å². The van der Waals surface area contributed by atoms with Gasteiger partial charge in [0.05, 0.1) is 16.5 Å². The number of halogens is 2. The molecule has 0 aromatic heterocycles. The van der Waals surface area contributed by atoms with Crippen molar-refractivity contribution in [1.29, 1.82) is 0 Å². The second-order valence-electron chi connectivity index (χ2n) is 5.80. The SMILES string of the molecule is NC(=O)COc1ccc(C=C2SC(=O)N(Cc3ccccc3Cl)C2=O)cc1Cl. The van der Waals surface area contributed by atoms with E-state index in [0.29, 0.717) is 21.9 Å². The van der Waals surface area contributed by atoms with E-state index in [4.69, 9.17) is 33.7 Å². The predicted molar refractivity (Wildman–Crippen MR) is 109 cm³/mol. The number of carbonyl (C=O) groups excluding carboxylic acids is 3. The molecule has 0 aliphatic carbocycles. The van der Waals surface area contributed by atoms with Crippen molar-refractivity contribution in [2.45, 2.75) is 6.54 Å². The van der Waals surface area contributed by atoms with Crippen molar-refractivity contribution in [3.8, 4) is 5.75 Å². The van der Waals surface area contributed by atoms with Crippen molar-refractivity contribution in [3.63, 3.8) is 0 Å². The number of benzene rings is 2. The Hall–Kier alpha value is -2.48. The Morgan fingerprint density at radius 1 is 1.14 bits per heavy atom. The van der Waals surface area contributed by atoms with Gasteiger partial charge in [-0.05, 0) is 47.2 Å². The number of carbonyl (C=O) groups is 3. The molecule has 0 bridgehead atoms. The molecular weight excluding hydrogens is 423 g/mol. The molecule has 3 amide bonds. The van der Waals surface area contributed by atoms with Crippen LogP contribution < -0.4 is 10.5 Å². The van der Waals surface area contributed by atoms with Crippen LogP contribution in [0.4, 0.5) is 4.79 Å². The second-order valence-corrected chi connectivity index (χ2v) is 7.61. The second kappa shape index (κ2) is 8.68. The summed E-state index contributed by atoms with van der Waals surface area (Å²) in [4.78, 5) is 37.1. The van der Waals surface area contributed by atoms with Crippen LogP contribution in [0.25, 0.3) is 6.08 Å². The first-order valence-corrected chi connectivity index (χ1v) is 9.62. The zero-order chi connectivity index (χ0) is 20.3. The van der Waals surface area contributed by atoms with Crippen LogP contribution in [0.5, 0.6) is 5.75 Å². The average Bonchev–Trinajstić information content (AvgIpc) is 2.90. The van der Waals surface area contributed by atoms with Crippen LogP contribution in [0, 0.1) is 0 Å². The van der Waals surface area contributed by atoms with Crippen molar-refractivity contribution < 1.29 is 19.1 Å². The van der Waals surface area contributed by atoms with Crippen molar-refractivity contribution in [2.75, 3.05) is 6.61 Å². The Kier molecular flexibility index (Phi) is 6.28. The number of ether oxygens (including phenoxy) is 1. The van der Waals surface area contributed by atoms with Crippen LogP contribution in [0.1, 0.15) is 11.1 Å². The molecule has 3 rings (SSSR count). The van der Waals surface area contributed by atoms with E-state index in [-0.39, 0.29) is 28.3 Å². The Labute approximate surface area is 175 Å². The van der Waals surface area contributed by atoms with Crippen molar-refractivity contribution in [2.24, 2.45) is 5.73 Å². The Morgan fingerprint density at radius 3 is 2.57 bits per heavy atom. The third-order valence-corrected chi connectivity index (χ3v) is 5.36. The van der Waals surface area contributed by atoms with Crippen LogP contribution >= 0.6 is 35.0 Å². The van der Waals surface area contributed by atoms with Crippen molar-refractivity contribution in [3.05, 3.63) is 68.5 Å². The van der Waals surface area contributed by atoms with Gasteiger partial charge in [-0.25, -0.2) is 0 Å². The first-order valence-electron chi connectivity index (χ1n) is 8.04. The minimum atomic E-state index is -0.618. The van der Waals surface area contributed by atoms with Gasteiger partial charge < -0.3 is 10.5 Å². The quantitative estimate of drug-likeness (QED) is 0.688. The van der Waals surface area contributed by atoms with Gasteiger partial charge in [-0.1, -0.05) is 47.5 Å². The van der Waals surface area contributed by atoms with Gasteiger partial charge in [0.1, 0.15) is 5.75 Å².